The van der Waals surface area contributed by atoms with Crippen LogP contribution in [-0.2, 0) is 0 Å². The molecule has 27 heavy (non-hydrogen) atoms. The first-order valence-electron chi connectivity index (χ1n) is 10.4. The van der Waals surface area contributed by atoms with Crippen LogP contribution in [0.1, 0.15) is 88.5 Å². The molecule has 0 amide bonds. The first-order chi connectivity index (χ1) is 12.2. The topological polar surface area (TPSA) is 0 Å². The van der Waals surface area contributed by atoms with Crippen LogP contribution in [0.15, 0.2) is 42.7 Å². The van der Waals surface area contributed by atoms with Crippen LogP contribution in [-0.4, -0.2) is 9.52 Å². The lowest BCUT2D eigenvalue weighted by atomic mass is 9.67. The Labute approximate surface area is 180 Å². The van der Waals surface area contributed by atoms with Crippen LogP contribution in [0.25, 0.3) is 0 Å². The second-order valence-electron chi connectivity index (χ2n) is 10.4. The predicted molar refractivity (Wildman–Crippen MR) is 126 cm³/mol. The second kappa shape index (κ2) is 7.54. The normalized spacial score (nSPS) is 21.8. The Hall–Kier alpha value is -0.243. The summed E-state index contributed by atoms with van der Waals surface area (Å²) in [6.07, 6.45) is 3.08. The van der Waals surface area contributed by atoms with Crippen molar-refractivity contribution in [2.45, 2.75) is 88.5 Å². The van der Waals surface area contributed by atoms with Gasteiger partial charge in [-0.1, -0.05) is 100 Å². The van der Waals surface area contributed by atoms with Crippen molar-refractivity contribution in [3.05, 3.63) is 42.7 Å². The molecule has 152 valence electrons. The third kappa shape index (κ3) is 3.81. The summed E-state index contributed by atoms with van der Waals surface area (Å²) in [5.41, 5.74) is 6.15. The maximum absolute atomic E-state index is 7.06. The van der Waals surface area contributed by atoms with Crippen LogP contribution in [0, 0.1) is 16.2 Å². The number of allylic oxidation sites excluding steroid dienone is 8. The number of halogens is 2. The fourth-order valence-electron chi connectivity index (χ4n) is 5.30. The lowest BCUT2D eigenvalue weighted by Gasteiger charge is -2.39. The Morgan fingerprint density at radius 3 is 1.78 bits per heavy atom. The summed E-state index contributed by atoms with van der Waals surface area (Å²) in [6.45, 7) is 23.1. The smallest absolute Gasteiger partial charge is 0.0883 e. The molecular formula is C24H38Cl2Si. The molecule has 0 aromatic carbocycles. The van der Waals surface area contributed by atoms with E-state index in [1.165, 1.54) is 11.1 Å². The maximum Gasteiger partial charge on any atom is 0.0883 e. The summed E-state index contributed by atoms with van der Waals surface area (Å²) < 4.78 is 0. The highest BCUT2D eigenvalue weighted by Gasteiger charge is 2.47. The molecule has 0 aromatic heterocycles. The second-order valence-corrected chi connectivity index (χ2v) is 13.0. The number of hydrogen-bond acceptors (Lipinski definition) is 0. The molecule has 0 aliphatic heterocycles. The van der Waals surface area contributed by atoms with Gasteiger partial charge in [-0.25, -0.2) is 0 Å². The van der Waals surface area contributed by atoms with Gasteiger partial charge in [0.2, 0.25) is 0 Å². The van der Waals surface area contributed by atoms with Gasteiger partial charge in [-0.3, -0.25) is 0 Å². The van der Waals surface area contributed by atoms with E-state index in [9.17, 15) is 0 Å². The molecule has 0 heterocycles. The summed E-state index contributed by atoms with van der Waals surface area (Å²) in [7, 11) is -0.662. The summed E-state index contributed by atoms with van der Waals surface area (Å²) in [5, 5.41) is 5.32. The van der Waals surface area contributed by atoms with E-state index in [0.717, 1.165) is 29.3 Å². The van der Waals surface area contributed by atoms with Crippen LogP contribution in [0.3, 0.4) is 0 Å². The van der Waals surface area contributed by atoms with Gasteiger partial charge in [0.05, 0.1) is 9.52 Å². The van der Waals surface area contributed by atoms with Crippen LogP contribution in [0.4, 0.5) is 0 Å². The van der Waals surface area contributed by atoms with Crippen LogP contribution >= 0.6 is 23.2 Å². The molecule has 0 radical (unpaired) electrons. The monoisotopic (exact) mass is 424 g/mol. The van der Waals surface area contributed by atoms with Crippen LogP contribution < -0.4 is 0 Å². The quantitative estimate of drug-likeness (QED) is 0.400. The van der Waals surface area contributed by atoms with Crippen molar-refractivity contribution in [1.82, 2.24) is 0 Å². The van der Waals surface area contributed by atoms with E-state index in [-0.39, 0.29) is 16.2 Å². The van der Waals surface area contributed by atoms with Crippen LogP contribution in [0.2, 0.25) is 0 Å². The zero-order valence-corrected chi connectivity index (χ0v) is 22.0. The van der Waals surface area contributed by atoms with E-state index < -0.39 is 9.52 Å². The highest BCUT2D eigenvalue weighted by atomic mass is 35.5. The lowest BCUT2D eigenvalue weighted by molar-refractivity contribution is 0.327. The van der Waals surface area contributed by atoms with Gasteiger partial charge < -0.3 is 0 Å². The molecule has 0 atom stereocenters. The standard InChI is InChI=1S/C24H38Cl2Si/c1-11-24(12-2)20(23(8,9)10)19(15(4)21(24)26)27-18-14(3)17(25)13-16(18)22(5,6)7/h11-13,27H2,1-10H3. The summed E-state index contributed by atoms with van der Waals surface area (Å²) in [4.78, 5) is 0. The van der Waals surface area contributed by atoms with Crippen molar-refractivity contribution in [2.75, 3.05) is 0 Å². The van der Waals surface area contributed by atoms with E-state index in [4.69, 9.17) is 23.2 Å². The molecule has 2 aliphatic rings. The molecule has 0 unspecified atom stereocenters. The average Bonchev–Trinajstić information content (AvgIpc) is 2.95. The van der Waals surface area contributed by atoms with Crippen molar-refractivity contribution in [1.29, 1.82) is 0 Å². The van der Waals surface area contributed by atoms with Gasteiger partial charge in [-0.2, -0.15) is 0 Å². The Balaban J connectivity index is 2.74. The zero-order chi connectivity index (χ0) is 20.9. The molecule has 2 rings (SSSR count). The van der Waals surface area contributed by atoms with Crippen molar-refractivity contribution >= 4 is 32.7 Å². The van der Waals surface area contributed by atoms with Gasteiger partial charge in [0.1, 0.15) is 0 Å². The highest BCUT2D eigenvalue weighted by Crippen LogP contribution is 2.59. The molecule has 2 aliphatic carbocycles. The number of hydrogen-bond donors (Lipinski definition) is 0. The molecule has 0 saturated carbocycles. The van der Waals surface area contributed by atoms with Gasteiger partial charge in [-0.05, 0) is 48.7 Å². The molecule has 0 bridgehead atoms. The predicted octanol–water partition coefficient (Wildman–Crippen LogP) is 8.00. The Kier molecular flexibility index (Phi) is 6.43. The van der Waals surface area contributed by atoms with Crippen molar-refractivity contribution in [3.8, 4) is 0 Å². The first-order valence-corrected chi connectivity index (χ1v) is 12.6. The summed E-state index contributed by atoms with van der Waals surface area (Å²) in [5.74, 6) is 0. The minimum absolute atomic E-state index is 0.0225. The highest BCUT2D eigenvalue weighted by molar-refractivity contribution is 6.58. The van der Waals surface area contributed by atoms with Gasteiger partial charge in [0, 0.05) is 21.9 Å². The third-order valence-corrected chi connectivity index (χ3v) is 10.4. The lowest BCUT2D eigenvalue weighted by Crippen LogP contribution is -2.29. The maximum atomic E-state index is 7.06. The summed E-state index contributed by atoms with van der Waals surface area (Å²) in [6, 6.07) is 0. The SMILES string of the molecule is CCC1(CC)C(Cl)=C(C)C([SiH2]C2=C(C(C)(C)C)CC(Cl)=C2C)=C1C(C)(C)C. The molecule has 0 spiro atoms. The summed E-state index contributed by atoms with van der Waals surface area (Å²) >= 11 is 13.7. The Bertz CT molecular complexity index is 757. The zero-order valence-electron chi connectivity index (χ0n) is 19.1. The minimum Gasteiger partial charge on any atom is -0.0885 e. The molecular weight excluding hydrogens is 387 g/mol. The van der Waals surface area contributed by atoms with Crippen molar-refractivity contribution in [3.63, 3.8) is 0 Å². The molecule has 0 N–H and O–H groups in total. The van der Waals surface area contributed by atoms with Gasteiger partial charge in [0.15, 0.2) is 0 Å². The van der Waals surface area contributed by atoms with E-state index in [0.29, 0.717) is 0 Å². The van der Waals surface area contributed by atoms with E-state index in [1.807, 2.05) is 0 Å². The molecule has 0 saturated heterocycles. The van der Waals surface area contributed by atoms with Crippen LogP contribution in [0.5, 0.6) is 0 Å². The molecule has 3 heteroatoms. The minimum atomic E-state index is -0.662. The average molecular weight is 426 g/mol. The van der Waals surface area contributed by atoms with E-state index >= 15 is 0 Å². The van der Waals surface area contributed by atoms with Crippen molar-refractivity contribution in [2.24, 2.45) is 16.2 Å². The van der Waals surface area contributed by atoms with E-state index in [1.54, 1.807) is 21.5 Å². The van der Waals surface area contributed by atoms with Crippen molar-refractivity contribution < 1.29 is 0 Å². The van der Waals surface area contributed by atoms with Gasteiger partial charge in [-0.15, -0.1) is 0 Å². The fourth-order valence-corrected chi connectivity index (χ4v) is 9.44. The van der Waals surface area contributed by atoms with E-state index in [2.05, 4.69) is 69.2 Å². The third-order valence-electron chi connectivity index (χ3n) is 6.75. The largest absolute Gasteiger partial charge is 0.0885 e. The Morgan fingerprint density at radius 1 is 0.852 bits per heavy atom. The molecule has 0 fully saturated rings. The fraction of sp³-hybridized carbons (Fsp3) is 0.667. The first kappa shape index (κ1) is 23.0. The van der Waals surface area contributed by atoms with Gasteiger partial charge in [0.25, 0.3) is 0 Å². The molecule has 0 nitrogen and oxygen atoms in total. The molecule has 0 aromatic rings. The number of rotatable bonds is 4. The van der Waals surface area contributed by atoms with Gasteiger partial charge >= 0.3 is 0 Å². The Morgan fingerprint density at radius 2 is 1.37 bits per heavy atom.